The van der Waals surface area contributed by atoms with Crippen molar-refractivity contribution in [1.82, 2.24) is 9.97 Å². The Morgan fingerprint density at radius 1 is 1.40 bits per heavy atom. The Bertz CT molecular complexity index is 963. The third-order valence-corrected chi connectivity index (χ3v) is 5.76. The molecule has 0 fully saturated rings. The molecule has 25 heavy (non-hydrogen) atoms. The van der Waals surface area contributed by atoms with Crippen LogP contribution < -0.4 is 5.32 Å². The molecular formula is C15H11ClN4O3S2. The van der Waals surface area contributed by atoms with Gasteiger partial charge in [-0.2, -0.15) is 0 Å². The first-order valence-corrected chi connectivity index (χ1v) is 9.19. The van der Waals surface area contributed by atoms with Crippen LogP contribution in [0.5, 0.6) is 0 Å². The number of benzene rings is 1. The molecule has 7 nitrogen and oxygen atoms in total. The fraction of sp³-hybridized carbons (Fsp3) is 0.133. The number of hydrogen-bond acceptors (Lipinski definition) is 7. The summed E-state index contributed by atoms with van der Waals surface area (Å²) in [4.78, 5) is 31.1. The minimum absolute atomic E-state index is 0.142. The highest BCUT2D eigenvalue weighted by atomic mass is 35.5. The lowest BCUT2D eigenvalue weighted by molar-refractivity contribution is -0.384. The molecule has 3 rings (SSSR count). The maximum Gasteiger partial charge on any atom is 0.271 e. The predicted octanol–water partition coefficient (Wildman–Crippen LogP) is 4.37. The topological polar surface area (TPSA) is 98.0 Å². The number of fused-ring (bicyclic) bond motifs is 1. The number of aromatic nitrogens is 2. The molecule has 0 aliphatic rings. The number of thioether (sulfide) groups is 1. The van der Waals surface area contributed by atoms with Gasteiger partial charge >= 0.3 is 0 Å². The van der Waals surface area contributed by atoms with Crippen LogP contribution in [0, 0.1) is 10.1 Å². The van der Waals surface area contributed by atoms with Crippen molar-refractivity contribution in [2.45, 2.75) is 17.2 Å². The zero-order valence-electron chi connectivity index (χ0n) is 12.8. The molecule has 10 heteroatoms. The lowest BCUT2D eigenvalue weighted by atomic mass is 10.2. The summed E-state index contributed by atoms with van der Waals surface area (Å²) in [6, 6.07) is 5.79. The van der Waals surface area contributed by atoms with Crippen molar-refractivity contribution in [3.05, 3.63) is 51.1 Å². The predicted molar refractivity (Wildman–Crippen MR) is 99.5 cm³/mol. The molecule has 0 aliphatic heterocycles. The number of non-ortho nitro benzene ring substituents is 1. The van der Waals surface area contributed by atoms with E-state index in [1.165, 1.54) is 47.6 Å². The molecule has 1 aromatic carbocycles. The van der Waals surface area contributed by atoms with E-state index in [0.29, 0.717) is 5.03 Å². The molecule has 1 atom stereocenters. The van der Waals surface area contributed by atoms with Gasteiger partial charge in [0.05, 0.1) is 31.1 Å². The van der Waals surface area contributed by atoms with E-state index in [0.717, 1.165) is 10.2 Å². The number of nitrogens with zero attached hydrogens (tertiary/aromatic N) is 3. The van der Waals surface area contributed by atoms with Crippen LogP contribution in [-0.4, -0.2) is 26.0 Å². The largest absolute Gasteiger partial charge is 0.324 e. The molecule has 0 aliphatic carbocycles. The molecule has 2 heterocycles. The summed E-state index contributed by atoms with van der Waals surface area (Å²) in [5.74, 6) is -0.323. The van der Waals surface area contributed by atoms with Gasteiger partial charge in [0.1, 0.15) is 11.4 Å². The van der Waals surface area contributed by atoms with Crippen LogP contribution in [0.2, 0.25) is 5.02 Å². The summed E-state index contributed by atoms with van der Waals surface area (Å²) in [6.07, 6.45) is 1.46. The molecule has 1 amide bonds. The minimum Gasteiger partial charge on any atom is -0.324 e. The highest BCUT2D eigenvalue weighted by molar-refractivity contribution is 8.00. The quantitative estimate of drug-likeness (QED) is 0.298. The van der Waals surface area contributed by atoms with E-state index in [1.807, 2.05) is 11.4 Å². The van der Waals surface area contributed by atoms with Gasteiger partial charge in [-0.25, -0.2) is 9.97 Å². The molecule has 128 valence electrons. The van der Waals surface area contributed by atoms with Crippen molar-refractivity contribution >= 4 is 62.2 Å². The van der Waals surface area contributed by atoms with Crippen molar-refractivity contribution in [3.8, 4) is 0 Å². The van der Waals surface area contributed by atoms with E-state index in [4.69, 9.17) is 11.6 Å². The number of nitrogens with one attached hydrogen (secondary N) is 1. The standard InChI is InChI=1S/C15H11ClN4O3S2/c1-8(25-15-13-11(4-5-24-13)17-7-18-15)14(21)19-12-6-9(20(22)23)2-3-10(12)16/h2-8H,1H3,(H,19,21). The van der Waals surface area contributed by atoms with Gasteiger partial charge < -0.3 is 5.32 Å². The average Bonchev–Trinajstić information content (AvgIpc) is 3.06. The highest BCUT2D eigenvalue weighted by Gasteiger charge is 2.19. The number of halogens is 1. The SMILES string of the molecule is CC(Sc1ncnc2ccsc12)C(=O)Nc1cc([N+](=O)[O-])ccc1Cl. The van der Waals surface area contributed by atoms with E-state index in [2.05, 4.69) is 15.3 Å². The van der Waals surface area contributed by atoms with E-state index in [1.54, 1.807) is 6.92 Å². The molecular weight excluding hydrogens is 384 g/mol. The van der Waals surface area contributed by atoms with Gasteiger partial charge in [-0.05, 0) is 24.4 Å². The molecule has 0 saturated heterocycles. The molecule has 3 aromatic rings. The van der Waals surface area contributed by atoms with Gasteiger partial charge in [0.25, 0.3) is 5.69 Å². The maximum absolute atomic E-state index is 12.4. The van der Waals surface area contributed by atoms with Crippen LogP contribution in [-0.2, 0) is 4.79 Å². The summed E-state index contributed by atoms with van der Waals surface area (Å²) in [5, 5.41) is 15.9. The Kier molecular flexibility index (Phi) is 5.16. The van der Waals surface area contributed by atoms with Crippen molar-refractivity contribution in [2.75, 3.05) is 5.32 Å². The van der Waals surface area contributed by atoms with Crippen LogP contribution in [0.4, 0.5) is 11.4 Å². The monoisotopic (exact) mass is 394 g/mol. The van der Waals surface area contributed by atoms with E-state index in [-0.39, 0.29) is 22.3 Å². The Hall–Kier alpha value is -2.23. The van der Waals surface area contributed by atoms with Gasteiger partial charge in [-0.1, -0.05) is 23.4 Å². The van der Waals surface area contributed by atoms with Gasteiger partial charge in [-0.15, -0.1) is 11.3 Å². The molecule has 1 unspecified atom stereocenters. The third-order valence-electron chi connectivity index (χ3n) is 3.29. The Balaban J connectivity index is 1.76. The summed E-state index contributed by atoms with van der Waals surface area (Å²) in [6.45, 7) is 1.73. The Morgan fingerprint density at radius 3 is 2.96 bits per heavy atom. The van der Waals surface area contributed by atoms with Gasteiger partial charge in [0, 0.05) is 12.1 Å². The molecule has 0 radical (unpaired) electrons. The van der Waals surface area contributed by atoms with Crippen LogP contribution in [0.3, 0.4) is 0 Å². The molecule has 2 aromatic heterocycles. The maximum atomic E-state index is 12.4. The van der Waals surface area contributed by atoms with E-state index in [9.17, 15) is 14.9 Å². The molecule has 0 bridgehead atoms. The number of carbonyl (C=O) groups excluding carboxylic acids is 1. The van der Waals surface area contributed by atoms with Gasteiger partial charge in [-0.3, -0.25) is 14.9 Å². The number of rotatable bonds is 5. The first-order chi connectivity index (χ1) is 12.0. The second-order valence-corrected chi connectivity index (χ2v) is 7.64. The number of amides is 1. The Labute approximate surface area is 155 Å². The lowest BCUT2D eigenvalue weighted by Crippen LogP contribution is -2.22. The number of thiophene rings is 1. The number of nitro benzene ring substituents is 1. The van der Waals surface area contributed by atoms with Crippen LogP contribution in [0.15, 0.2) is 41.0 Å². The van der Waals surface area contributed by atoms with E-state index < -0.39 is 10.2 Å². The van der Waals surface area contributed by atoms with Gasteiger partial charge in [0.15, 0.2) is 0 Å². The zero-order chi connectivity index (χ0) is 18.0. The second-order valence-electron chi connectivity index (χ2n) is 4.98. The number of hydrogen-bond donors (Lipinski definition) is 1. The van der Waals surface area contributed by atoms with Crippen molar-refractivity contribution in [2.24, 2.45) is 0 Å². The molecule has 1 N–H and O–H groups in total. The number of carbonyl (C=O) groups is 1. The van der Waals surface area contributed by atoms with Crippen LogP contribution in [0.1, 0.15) is 6.92 Å². The first kappa shape index (κ1) is 17.6. The molecule has 0 spiro atoms. The fourth-order valence-electron chi connectivity index (χ4n) is 2.03. The lowest BCUT2D eigenvalue weighted by Gasteiger charge is -2.12. The summed E-state index contributed by atoms with van der Waals surface area (Å²) >= 11 is 8.81. The van der Waals surface area contributed by atoms with Crippen molar-refractivity contribution in [3.63, 3.8) is 0 Å². The summed E-state index contributed by atoms with van der Waals surface area (Å²) < 4.78 is 0.917. The first-order valence-electron chi connectivity index (χ1n) is 7.05. The smallest absolute Gasteiger partial charge is 0.271 e. The Morgan fingerprint density at radius 2 is 2.20 bits per heavy atom. The number of nitro groups is 1. The normalized spacial score (nSPS) is 12.1. The van der Waals surface area contributed by atoms with Crippen molar-refractivity contribution in [1.29, 1.82) is 0 Å². The molecule has 0 saturated carbocycles. The minimum atomic E-state index is -0.543. The van der Waals surface area contributed by atoms with Gasteiger partial charge in [0.2, 0.25) is 5.91 Å². The fourth-order valence-corrected chi connectivity index (χ4v) is 4.03. The highest BCUT2D eigenvalue weighted by Crippen LogP contribution is 2.32. The van der Waals surface area contributed by atoms with Crippen LogP contribution in [0.25, 0.3) is 10.2 Å². The van der Waals surface area contributed by atoms with Crippen molar-refractivity contribution < 1.29 is 9.72 Å². The average molecular weight is 395 g/mol. The van der Waals surface area contributed by atoms with Crippen LogP contribution >= 0.6 is 34.7 Å². The summed E-state index contributed by atoms with van der Waals surface area (Å²) in [7, 11) is 0. The third kappa shape index (κ3) is 3.89. The number of anilines is 1. The second kappa shape index (κ2) is 7.34. The van der Waals surface area contributed by atoms with E-state index >= 15 is 0 Å². The summed E-state index contributed by atoms with van der Waals surface area (Å²) in [5.41, 5.74) is 0.894. The zero-order valence-corrected chi connectivity index (χ0v) is 15.2.